The monoisotopic (exact) mass is 229 g/mol. The van der Waals surface area contributed by atoms with E-state index in [4.69, 9.17) is 20.1 Å². The van der Waals surface area contributed by atoms with Gasteiger partial charge in [0.25, 0.3) is 0 Å². The number of carbonyl (C=O) groups is 2. The Kier molecular flexibility index (Phi) is 28.5. The molecule has 0 aliphatic rings. The van der Waals surface area contributed by atoms with Gasteiger partial charge in [-0.2, -0.15) is 0 Å². The molecule has 8 heteroatoms. The zero-order valence-corrected chi connectivity index (χ0v) is 10.9. The first-order valence-corrected chi connectivity index (χ1v) is 2.14. The Hall–Kier alpha value is 1.22. The fourth-order valence-electron chi connectivity index (χ4n) is 0. The van der Waals surface area contributed by atoms with Crippen LogP contribution in [0.4, 0.5) is 4.79 Å². The molecule has 0 bridgehead atoms. The van der Waals surface area contributed by atoms with E-state index in [-0.39, 0.29) is 75.5 Å². The number of hydrogen-bond donors (Lipinski definition) is 1. The molecule has 1 N–H and O–H groups in total. The minimum absolute atomic E-state index is 0. The third-order valence-electron chi connectivity index (χ3n) is 0.341. The van der Waals surface area contributed by atoms with Gasteiger partial charge in [0.2, 0.25) is 0 Å². The number of rotatable bonds is 1. The minimum atomic E-state index is -2.33. The van der Waals surface area contributed by atoms with Crippen LogP contribution in [0, 0.1) is 0 Å². The molecule has 60 valence electrons. The van der Waals surface area contributed by atoms with Crippen LogP contribution in [0.3, 0.4) is 0 Å². The molecule has 12 heavy (non-hydrogen) atoms. The Morgan fingerprint density at radius 2 is 1.25 bits per heavy atom. The van der Waals surface area contributed by atoms with Gasteiger partial charge in [-0.05, 0) is 13.1 Å². The molecule has 0 fully saturated rings. The first-order chi connectivity index (χ1) is 4.37. The fraction of sp³-hybridized carbons (Fsp3) is 0.500. The fourth-order valence-corrected chi connectivity index (χ4v) is 0. The van der Waals surface area contributed by atoms with Crippen LogP contribution in [0.25, 0.3) is 0 Å². The van der Waals surface area contributed by atoms with Crippen LogP contribution in [0.1, 0.15) is 6.92 Å². The smallest absolute Gasteiger partial charge is 0.652 e. The third-order valence-corrected chi connectivity index (χ3v) is 0.341. The minimum Gasteiger partial charge on any atom is -0.652 e. The van der Waals surface area contributed by atoms with E-state index in [1.807, 2.05) is 0 Å². The van der Waals surface area contributed by atoms with Crippen LogP contribution in [0.15, 0.2) is 0 Å². The maximum absolute atomic E-state index is 9.34. The molecule has 0 saturated heterocycles. The summed E-state index contributed by atoms with van der Waals surface area (Å²) in [6.07, 6.45) is -3.68. The molecule has 0 aliphatic carbocycles. The second-order valence-electron chi connectivity index (χ2n) is 1.25. The third kappa shape index (κ3) is 43.0. The molecule has 0 aromatic carbocycles. The van der Waals surface area contributed by atoms with Crippen molar-refractivity contribution in [3.05, 3.63) is 0 Å². The average Bonchev–Trinajstić information content (AvgIpc) is 1.63. The second-order valence-corrected chi connectivity index (χ2v) is 1.25. The van der Waals surface area contributed by atoms with Gasteiger partial charge in [-0.15, -0.1) is 0 Å². The summed E-state index contributed by atoms with van der Waals surface area (Å²) in [4.78, 5) is 17.7. The van der Waals surface area contributed by atoms with E-state index < -0.39 is 18.2 Å². The molecule has 1 unspecified atom stereocenters. The van der Waals surface area contributed by atoms with E-state index in [2.05, 4.69) is 0 Å². The molecule has 0 aliphatic heterocycles. The molecule has 0 aromatic heterocycles. The average molecular weight is 229 g/mol. The van der Waals surface area contributed by atoms with E-state index in [1.54, 1.807) is 0 Å². The molecule has 0 amide bonds. The zero-order chi connectivity index (χ0) is 8.73. The van der Waals surface area contributed by atoms with E-state index in [0.717, 1.165) is 6.92 Å². The number of aliphatic hydroxyl groups is 1. The summed E-state index contributed by atoms with van der Waals surface area (Å²) in [5.74, 6) is -1.44. The van der Waals surface area contributed by atoms with Crippen molar-refractivity contribution in [2.24, 2.45) is 0 Å². The van der Waals surface area contributed by atoms with E-state index >= 15 is 0 Å². The van der Waals surface area contributed by atoms with Gasteiger partial charge in [-0.25, -0.2) is 0 Å². The van der Waals surface area contributed by atoms with Gasteiger partial charge in [0.1, 0.15) is 0 Å². The first kappa shape index (κ1) is 23.2. The van der Waals surface area contributed by atoms with E-state index in [9.17, 15) is 9.90 Å². The van der Waals surface area contributed by atoms with E-state index in [1.165, 1.54) is 0 Å². The van der Waals surface area contributed by atoms with Crippen LogP contribution in [0.2, 0.25) is 0 Å². The van der Waals surface area contributed by atoms with Crippen LogP contribution >= 0.6 is 0 Å². The summed E-state index contributed by atoms with van der Waals surface area (Å²) in [5, 5.41) is 34.0. The summed E-state index contributed by atoms with van der Waals surface area (Å²) < 4.78 is 0. The second kappa shape index (κ2) is 14.7. The number of hydrogen-bond acceptors (Lipinski definition) is 6. The van der Waals surface area contributed by atoms with Gasteiger partial charge in [0.05, 0.1) is 12.1 Å². The SMILES string of the molecule is CC(O)C(=O)[O-].O=C([O-])[O-].[Ca+2].[Ca+2]. The Bertz CT molecular complexity index is 121. The van der Waals surface area contributed by atoms with E-state index in [0.29, 0.717) is 0 Å². The van der Waals surface area contributed by atoms with Crippen LogP contribution in [-0.4, -0.2) is 98.8 Å². The maximum atomic E-state index is 9.34. The first-order valence-electron chi connectivity index (χ1n) is 2.14. The number of aliphatic carboxylic acids is 1. The van der Waals surface area contributed by atoms with Crippen molar-refractivity contribution in [2.45, 2.75) is 13.0 Å². The Labute approximate surface area is 129 Å². The molecule has 0 heterocycles. The molecule has 6 nitrogen and oxygen atoms in total. The topological polar surface area (TPSA) is 124 Å². The Morgan fingerprint density at radius 3 is 1.25 bits per heavy atom. The normalized spacial score (nSPS) is 8.83. The summed E-state index contributed by atoms with van der Waals surface area (Å²) in [6, 6.07) is 0. The zero-order valence-electron chi connectivity index (χ0n) is 6.48. The summed E-state index contributed by atoms with van der Waals surface area (Å²) in [5.41, 5.74) is 0. The molecule has 0 rings (SSSR count). The summed E-state index contributed by atoms with van der Waals surface area (Å²) >= 11 is 0. The molecule has 0 aromatic rings. The predicted octanol–water partition coefficient (Wildman–Crippen LogP) is -5.09. The van der Waals surface area contributed by atoms with Crippen molar-refractivity contribution in [3.63, 3.8) is 0 Å². The standard InChI is InChI=1S/C3H6O3.CH2O3.2Ca/c1-2(4)3(5)6;2-1(3)4;;/h2,4H,1H3,(H,5,6);(H2,2,3,4);;/q;;2*+2/p-3. The van der Waals surface area contributed by atoms with Crippen molar-refractivity contribution in [2.75, 3.05) is 0 Å². The van der Waals surface area contributed by atoms with Crippen molar-refractivity contribution >= 4 is 87.6 Å². The van der Waals surface area contributed by atoms with Crippen molar-refractivity contribution < 1.29 is 30.0 Å². The largest absolute Gasteiger partial charge is 2.00 e. The van der Waals surface area contributed by atoms with Crippen LogP contribution in [-0.2, 0) is 4.79 Å². The van der Waals surface area contributed by atoms with Gasteiger partial charge in [0, 0.05) is 0 Å². The van der Waals surface area contributed by atoms with Crippen molar-refractivity contribution in [3.8, 4) is 0 Å². The summed E-state index contributed by atoms with van der Waals surface area (Å²) in [7, 11) is 0. The van der Waals surface area contributed by atoms with Gasteiger partial charge in [0.15, 0.2) is 0 Å². The Morgan fingerprint density at radius 1 is 1.17 bits per heavy atom. The molecular weight excluding hydrogens is 224 g/mol. The molecular formula is C4H5Ca2O6+. The summed E-state index contributed by atoms with van der Waals surface area (Å²) in [6.45, 7) is 1.13. The number of carboxylic acids is 1. The quantitative estimate of drug-likeness (QED) is 0.448. The predicted molar refractivity (Wildman–Crippen MR) is 33.6 cm³/mol. The van der Waals surface area contributed by atoms with Crippen molar-refractivity contribution in [1.29, 1.82) is 0 Å². The number of carboxylic acid groups (broad SMARTS) is 3. The van der Waals surface area contributed by atoms with Crippen LogP contribution in [0.5, 0.6) is 0 Å². The number of aliphatic hydroxyl groups excluding tert-OH is 1. The molecule has 1 atom stereocenters. The van der Waals surface area contributed by atoms with Gasteiger partial charge < -0.3 is 30.0 Å². The van der Waals surface area contributed by atoms with Crippen molar-refractivity contribution in [1.82, 2.24) is 0 Å². The number of carbonyl (C=O) groups excluding carboxylic acids is 2. The van der Waals surface area contributed by atoms with Gasteiger partial charge in [-0.3, -0.25) is 0 Å². The van der Waals surface area contributed by atoms with Crippen LogP contribution < -0.4 is 15.3 Å². The maximum Gasteiger partial charge on any atom is 2.00 e. The Balaban J connectivity index is -0.0000000483. The molecule has 0 saturated carbocycles. The molecule has 0 spiro atoms. The molecule has 0 radical (unpaired) electrons. The van der Waals surface area contributed by atoms with Gasteiger partial charge >= 0.3 is 75.5 Å². The van der Waals surface area contributed by atoms with Gasteiger partial charge in [-0.1, -0.05) is 0 Å².